The number of fused-ring (bicyclic) bond motifs is 2. The normalized spacial score (nSPS) is 28.0. The van der Waals surface area contributed by atoms with Crippen molar-refractivity contribution in [2.45, 2.75) is 55.3 Å². The first-order valence-electron chi connectivity index (χ1n) is 11.7. The standard InChI is InChI=1S/C22H24F2N6O8S/c23-22(24)18(33)11-3-1-2-4-12(11)21(22,34)6-5-15(32)29-39(35,36)37-8-14-13(31)7-16(38-14)30-10-28-17-19(25)26-9-27-20(17)30/h1-4,9-10,13-14,16,18,31,33-34H,5-8H2,(H,29,32)(H2,25,26,27)/t13-,14+,16+,18+,21+/m0/s1. The fourth-order valence-corrected chi connectivity index (χ4v) is 5.56. The van der Waals surface area contributed by atoms with Gasteiger partial charge < -0.3 is 25.8 Å². The Hall–Kier alpha value is -3.35. The molecule has 1 aromatic carbocycles. The van der Waals surface area contributed by atoms with Crippen LogP contribution in [0.25, 0.3) is 11.2 Å². The molecule has 6 N–H and O–H groups in total. The minimum atomic E-state index is -4.73. The number of nitrogen functional groups attached to an aromatic ring is 1. The molecule has 1 fully saturated rings. The van der Waals surface area contributed by atoms with Crippen LogP contribution in [-0.2, 0) is 29.6 Å². The average Bonchev–Trinajstić information content (AvgIpc) is 3.52. The summed E-state index contributed by atoms with van der Waals surface area (Å²) < 4.78 is 67.5. The van der Waals surface area contributed by atoms with Crippen molar-refractivity contribution in [1.82, 2.24) is 24.2 Å². The summed E-state index contributed by atoms with van der Waals surface area (Å²) in [5.74, 6) is -5.11. The molecule has 0 spiro atoms. The van der Waals surface area contributed by atoms with Crippen molar-refractivity contribution >= 4 is 33.2 Å². The van der Waals surface area contributed by atoms with E-state index >= 15 is 0 Å². The number of hydrogen-bond donors (Lipinski definition) is 5. The van der Waals surface area contributed by atoms with Crippen LogP contribution < -0.4 is 10.5 Å². The van der Waals surface area contributed by atoms with Gasteiger partial charge >= 0.3 is 16.2 Å². The third-order valence-corrected chi connectivity index (χ3v) is 7.76. The van der Waals surface area contributed by atoms with Gasteiger partial charge in [0.25, 0.3) is 0 Å². The minimum Gasteiger partial charge on any atom is -0.390 e. The van der Waals surface area contributed by atoms with Gasteiger partial charge in [-0.05, 0) is 17.5 Å². The Bertz CT molecular complexity index is 1520. The first-order valence-corrected chi connectivity index (χ1v) is 13.1. The van der Waals surface area contributed by atoms with Crippen LogP contribution in [0.15, 0.2) is 36.9 Å². The molecule has 0 saturated carbocycles. The lowest BCUT2D eigenvalue weighted by Crippen LogP contribution is -2.45. The number of aliphatic hydroxyl groups excluding tert-OH is 2. The molecule has 39 heavy (non-hydrogen) atoms. The molecule has 1 saturated heterocycles. The van der Waals surface area contributed by atoms with Crippen LogP contribution >= 0.6 is 0 Å². The largest absolute Gasteiger partial charge is 0.390 e. The molecule has 2 aliphatic rings. The molecule has 0 radical (unpaired) electrons. The summed E-state index contributed by atoms with van der Waals surface area (Å²) in [4.78, 5) is 24.3. The van der Waals surface area contributed by atoms with Gasteiger partial charge in [-0.2, -0.15) is 17.2 Å². The molecule has 5 rings (SSSR count). The third-order valence-electron chi connectivity index (χ3n) is 6.84. The number of nitrogens with zero attached hydrogens (tertiary/aromatic N) is 4. The zero-order valence-corrected chi connectivity index (χ0v) is 20.8. The van der Waals surface area contributed by atoms with E-state index in [4.69, 9.17) is 14.7 Å². The maximum absolute atomic E-state index is 14.7. The maximum atomic E-state index is 14.7. The molecule has 0 unspecified atom stereocenters. The van der Waals surface area contributed by atoms with E-state index in [-0.39, 0.29) is 23.4 Å². The van der Waals surface area contributed by atoms with Crippen molar-refractivity contribution in [3.8, 4) is 0 Å². The number of imidazole rings is 1. The van der Waals surface area contributed by atoms with Crippen LogP contribution in [0.1, 0.15) is 42.7 Å². The van der Waals surface area contributed by atoms with Gasteiger partial charge in [-0.1, -0.05) is 24.3 Å². The van der Waals surface area contributed by atoms with E-state index in [0.29, 0.717) is 11.2 Å². The number of anilines is 1. The second kappa shape index (κ2) is 9.68. The fourth-order valence-electron chi connectivity index (χ4n) is 4.80. The Balaban J connectivity index is 1.17. The number of carbonyl (C=O) groups excluding carboxylic acids is 1. The fraction of sp³-hybridized carbons (Fsp3) is 0.455. The molecular formula is C22H24F2N6O8S. The van der Waals surface area contributed by atoms with Crippen molar-refractivity contribution in [3.63, 3.8) is 0 Å². The van der Waals surface area contributed by atoms with Gasteiger partial charge in [-0.25, -0.2) is 19.7 Å². The minimum absolute atomic E-state index is 0.0376. The maximum Gasteiger partial charge on any atom is 0.362 e. The lowest BCUT2D eigenvalue weighted by Gasteiger charge is -2.31. The lowest BCUT2D eigenvalue weighted by atomic mass is 9.88. The van der Waals surface area contributed by atoms with E-state index < -0.39 is 71.7 Å². The van der Waals surface area contributed by atoms with Crippen LogP contribution in [0, 0.1) is 0 Å². The average molecular weight is 571 g/mol. The summed E-state index contributed by atoms with van der Waals surface area (Å²) in [6, 6.07) is 5.23. The van der Waals surface area contributed by atoms with Crippen LogP contribution in [0.5, 0.6) is 0 Å². The highest BCUT2D eigenvalue weighted by Gasteiger charge is 2.64. The second-order valence-corrected chi connectivity index (χ2v) is 10.6. The van der Waals surface area contributed by atoms with Gasteiger partial charge in [0.1, 0.15) is 30.3 Å². The number of halogens is 2. The Labute approximate surface area is 219 Å². The summed E-state index contributed by atoms with van der Waals surface area (Å²) in [6.45, 7) is -0.675. The molecule has 14 nitrogen and oxygen atoms in total. The SMILES string of the molecule is Nc1ncnc2c1ncn2[C@H]1C[C@H](O)[C@@H](COS(=O)(=O)NC(=O)CC[C@@]2(O)c3ccccc3[C@@H](O)C2(F)F)O1. The van der Waals surface area contributed by atoms with Crippen LogP contribution in [0.4, 0.5) is 14.6 Å². The zero-order valence-electron chi connectivity index (χ0n) is 20.0. The summed E-state index contributed by atoms with van der Waals surface area (Å²) in [6.07, 6.45) is -4.41. The van der Waals surface area contributed by atoms with E-state index in [0.717, 1.165) is 0 Å². The summed E-state index contributed by atoms with van der Waals surface area (Å²) in [7, 11) is -4.73. The van der Waals surface area contributed by atoms with Crippen molar-refractivity contribution in [3.05, 3.63) is 48.0 Å². The van der Waals surface area contributed by atoms with Crippen LogP contribution in [0.3, 0.4) is 0 Å². The Morgan fingerprint density at radius 2 is 2.00 bits per heavy atom. The van der Waals surface area contributed by atoms with Gasteiger partial charge in [-0.3, -0.25) is 13.5 Å². The zero-order chi connectivity index (χ0) is 28.2. The van der Waals surface area contributed by atoms with Crippen molar-refractivity contribution in [1.29, 1.82) is 0 Å². The highest BCUT2D eigenvalue weighted by molar-refractivity contribution is 7.85. The number of hydrogen-bond acceptors (Lipinski definition) is 12. The number of amides is 1. The molecule has 0 bridgehead atoms. The Morgan fingerprint density at radius 3 is 2.77 bits per heavy atom. The van der Waals surface area contributed by atoms with Gasteiger partial charge in [-0.15, -0.1) is 0 Å². The molecule has 2 aromatic heterocycles. The predicted molar refractivity (Wildman–Crippen MR) is 127 cm³/mol. The second-order valence-electron chi connectivity index (χ2n) is 9.25. The number of nitrogens with two attached hydrogens (primary N) is 1. The Morgan fingerprint density at radius 1 is 1.26 bits per heavy atom. The molecular weight excluding hydrogens is 546 g/mol. The monoisotopic (exact) mass is 570 g/mol. The van der Waals surface area contributed by atoms with E-state index in [1.165, 1.54) is 41.5 Å². The van der Waals surface area contributed by atoms with Crippen LogP contribution in [-0.4, -0.2) is 73.9 Å². The van der Waals surface area contributed by atoms with E-state index in [2.05, 4.69) is 15.0 Å². The first-order chi connectivity index (χ1) is 18.3. The highest BCUT2D eigenvalue weighted by atomic mass is 32.2. The molecule has 5 atom stereocenters. The molecule has 1 aliphatic heterocycles. The van der Waals surface area contributed by atoms with Crippen molar-refractivity contribution in [2.75, 3.05) is 12.3 Å². The quantitative estimate of drug-likeness (QED) is 0.238. The number of ether oxygens (including phenoxy) is 1. The van der Waals surface area contributed by atoms with Crippen molar-refractivity contribution in [2.24, 2.45) is 0 Å². The molecule has 3 heterocycles. The molecule has 1 amide bonds. The van der Waals surface area contributed by atoms with Gasteiger partial charge in [0, 0.05) is 12.8 Å². The number of carbonyl (C=O) groups is 1. The number of rotatable bonds is 8. The first kappa shape index (κ1) is 27.2. The third kappa shape index (κ3) is 4.70. The van der Waals surface area contributed by atoms with Gasteiger partial charge in [0.15, 0.2) is 17.1 Å². The predicted octanol–water partition coefficient (Wildman–Crippen LogP) is -0.215. The molecule has 210 valence electrons. The molecule has 1 aliphatic carbocycles. The summed E-state index contributed by atoms with van der Waals surface area (Å²) in [5, 5.41) is 31.0. The van der Waals surface area contributed by atoms with Crippen LogP contribution in [0.2, 0.25) is 0 Å². The van der Waals surface area contributed by atoms with Gasteiger partial charge in [0.2, 0.25) is 5.91 Å². The highest BCUT2D eigenvalue weighted by Crippen LogP contribution is 2.56. The van der Waals surface area contributed by atoms with Gasteiger partial charge in [0.05, 0.1) is 19.0 Å². The topological polar surface area (TPSA) is 212 Å². The van der Waals surface area contributed by atoms with E-state index in [9.17, 15) is 37.3 Å². The smallest absolute Gasteiger partial charge is 0.362 e. The number of aromatic nitrogens is 4. The summed E-state index contributed by atoms with van der Waals surface area (Å²) in [5.41, 5.74) is 3.09. The summed E-state index contributed by atoms with van der Waals surface area (Å²) >= 11 is 0. The Kier molecular flexibility index (Phi) is 6.76. The van der Waals surface area contributed by atoms with Crippen molar-refractivity contribution < 1.29 is 46.2 Å². The van der Waals surface area contributed by atoms with E-state index in [1.54, 1.807) is 4.72 Å². The lowest BCUT2D eigenvalue weighted by molar-refractivity contribution is -0.226. The molecule has 17 heteroatoms. The number of nitrogens with one attached hydrogen (secondary N) is 1. The molecule has 3 aromatic rings. The number of alkyl halides is 2. The number of aliphatic hydroxyl groups is 3. The number of benzene rings is 1. The van der Waals surface area contributed by atoms with E-state index in [1.807, 2.05) is 0 Å².